The molecule has 0 amide bonds. The molecule has 0 fully saturated rings. The van der Waals surface area contributed by atoms with Crippen LogP contribution in [0.4, 0.5) is 0 Å². The van der Waals surface area contributed by atoms with E-state index in [4.69, 9.17) is 14.2 Å². The number of carbonyl (C=O) groups is 1. The molecule has 1 aromatic heterocycles. The third-order valence-corrected chi connectivity index (χ3v) is 5.26. The highest BCUT2D eigenvalue weighted by Gasteiger charge is 2.36. The van der Waals surface area contributed by atoms with Crippen LogP contribution < -0.4 is 15.0 Å². The Labute approximate surface area is 175 Å². The maximum Gasteiger partial charge on any atom is 0.340 e. The number of fused-ring (bicyclic) bond motifs is 2. The molecule has 0 radical (unpaired) electrons. The summed E-state index contributed by atoms with van der Waals surface area (Å²) in [6, 6.07) is 12.6. The van der Waals surface area contributed by atoms with Gasteiger partial charge in [0.15, 0.2) is 0 Å². The Balaban J connectivity index is 1.74. The number of aromatic nitrogens is 1. The van der Waals surface area contributed by atoms with Crippen molar-refractivity contribution in [2.24, 2.45) is 7.05 Å². The van der Waals surface area contributed by atoms with Gasteiger partial charge in [0.1, 0.15) is 23.2 Å². The van der Waals surface area contributed by atoms with E-state index in [2.05, 4.69) is 0 Å². The highest BCUT2D eigenvalue weighted by atomic mass is 16.6. The Hall–Kier alpha value is -3.28. The van der Waals surface area contributed by atoms with Crippen molar-refractivity contribution in [1.29, 1.82) is 0 Å². The zero-order chi connectivity index (χ0) is 21.5. The van der Waals surface area contributed by atoms with E-state index in [-0.39, 0.29) is 5.56 Å². The van der Waals surface area contributed by atoms with Gasteiger partial charge in [-0.1, -0.05) is 18.2 Å². The molecule has 0 saturated carbocycles. The summed E-state index contributed by atoms with van der Waals surface area (Å²) in [6.07, 6.45) is 1.55. The second-order valence-electron chi connectivity index (χ2n) is 8.10. The number of esters is 1. The van der Waals surface area contributed by atoms with Crippen LogP contribution in [0.3, 0.4) is 0 Å². The first-order chi connectivity index (χ1) is 14.3. The molecule has 0 aliphatic carbocycles. The lowest BCUT2D eigenvalue weighted by Gasteiger charge is -2.37. The number of hydrogen-bond acceptors (Lipinski definition) is 5. The van der Waals surface area contributed by atoms with Crippen LogP contribution in [-0.4, -0.2) is 22.7 Å². The largest absolute Gasteiger partial charge is 0.494 e. The molecule has 0 saturated heterocycles. The first-order valence-electron chi connectivity index (χ1n) is 10.0. The predicted molar refractivity (Wildman–Crippen MR) is 114 cm³/mol. The second kappa shape index (κ2) is 7.52. The normalized spacial score (nSPS) is 17.1. The Morgan fingerprint density at radius 3 is 2.67 bits per heavy atom. The summed E-state index contributed by atoms with van der Waals surface area (Å²) in [4.78, 5) is 25.6. The van der Waals surface area contributed by atoms with Gasteiger partial charge in [-0.3, -0.25) is 4.79 Å². The minimum atomic E-state index is -0.493. The van der Waals surface area contributed by atoms with Gasteiger partial charge in [0, 0.05) is 36.0 Å². The molecule has 1 atom stereocenters. The van der Waals surface area contributed by atoms with E-state index >= 15 is 0 Å². The number of rotatable bonds is 4. The zero-order valence-corrected chi connectivity index (χ0v) is 17.6. The van der Waals surface area contributed by atoms with E-state index < -0.39 is 17.7 Å². The van der Waals surface area contributed by atoms with Gasteiger partial charge in [-0.15, -0.1) is 0 Å². The minimum absolute atomic E-state index is 0.152. The smallest absolute Gasteiger partial charge is 0.340 e. The topological polar surface area (TPSA) is 66.8 Å². The van der Waals surface area contributed by atoms with Crippen LogP contribution in [0.25, 0.3) is 10.8 Å². The van der Waals surface area contributed by atoms with Crippen LogP contribution in [0.1, 0.15) is 49.2 Å². The summed E-state index contributed by atoms with van der Waals surface area (Å²) in [5, 5.41) is 1.07. The molecule has 0 unspecified atom stereocenters. The summed E-state index contributed by atoms with van der Waals surface area (Å²) in [5.74, 6) is 0.906. The summed E-state index contributed by atoms with van der Waals surface area (Å²) in [6.45, 7) is 6.39. The Bertz CT molecular complexity index is 1180. The standard InChI is InChI=1S/C24H25NO5/c1-5-28-15-10-11-20-18(12-15)21(13-24(2,3)30-20)29-23(27)19-14-25(4)22(26)17-9-7-6-8-16(17)19/h6-12,14,21H,5,13H2,1-4H3/t21-/m1/s1. The van der Waals surface area contributed by atoms with E-state index in [1.807, 2.05) is 39.0 Å². The van der Waals surface area contributed by atoms with Gasteiger partial charge in [-0.25, -0.2) is 4.79 Å². The Morgan fingerprint density at radius 2 is 1.93 bits per heavy atom. The maximum atomic E-state index is 13.2. The molecular weight excluding hydrogens is 382 g/mol. The van der Waals surface area contributed by atoms with Crippen LogP contribution in [-0.2, 0) is 11.8 Å². The molecular formula is C24H25NO5. The van der Waals surface area contributed by atoms with Gasteiger partial charge < -0.3 is 18.8 Å². The fourth-order valence-electron chi connectivity index (χ4n) is 3.90. The minimum Gasteiger partial charge on any atom is -0.494 e. The van der Waals surface area contributed by atoms with E-state index in [1.54, 1.807) is 31.3 Å². The summed E-state index contributed by atoms with van der Waals surface area (Å²) in [7, 11) is 1.63. The molecule has 0 spiro atoms. The maximum absolute atomic E-state index is 13.2. The van der Waals surface area contributed by atoms with Gasteiger partial charge in [0.25, 0.3) is 5.56 Å². The van der Waals surface area contributed by atoms with Crippen molar-refractivity contribution in [2.75, 3.05) is 6.61 Å². The fourth-order valence-corrected chi connectivity index (χ4v) is 3.90. The highest BCUT2D eigenvalue weighted by molar-refractivity contribution is 6.04. The van der Waals surface area contributed by atoms with Gasteiger partial charge >= 0.3 is 5.97 Å². The van der Waals surface area contributed by atoms with Crippen molar-refractivity contribution in [3.8, 4) is 11.5 Å². The molecule has 0 N–H and O–H groups in total. The molecule has 2 heterocycles. The lowest BCUT2D eigenvalue weighted by atomic mass is 9.91. The van der Waals surface area contributed by atoms with Gasteiger partial charge in [0.2, 0.25) is 0 Å². The van der Waals surface area contributed by atoms with Crippen molar-refractivity contribution in [2.45, 2.75) is 38.9 Å². The molecule has 0 bridgehead atoms. The van der Waals surface area contributed by atoms with Gasteiger partial charge in [-0.2, -0.15) is 0 Å². The number of nitrogens with zero attached hydrogens (tertiary/aromatic N) is 1. The SMILES string of the molecule is CCOc1ccc2c(c1)[C@H](OC(=O)c1cn(C)c(=O)c3ccccc13)CC(C)(C)O2. The van der Waals surface area contributed by atoms with E-state index in [9.17, 15) is 9.59 Å². The van der Waals surface area contributed by atoms with Crippen LogP contribution in [0, 0.1) is 0 Å². The van der Waals surface area contributed by atoms with Crippen LogP contribution in [0.15, 0.2) is 53.5 Å². The average Bonchev–Trinajstić information content (AvgIpc) is 2.70. The molecule has 2 aromatic carbocycles. The lowest BCUT2D eigenvalue weighted by Crippen LogP contribution is -2.36. The molecule has 6 heteroatoms. The number of benzene rings is 2. The number of pyridine rings is 1. The number of carbonyl (C=O) groups excluding carboxylic acids is 1. The monoisotopic (exact) mass is 407 g/mol. The zero-order valence-electron chi connectivity index (χ0n) is 17.6. The second-order valence-corrected chi connectivity index (χ2v) is 8.10. The quantitative estimate of drug-likeness (QED) is 0.600. The number of ether oxygens (including phenoxy) is 3. The number of hydrogen-bond donors (Lipinski definition) is 0. The molecule has 4 rings (SSSR count). The van der Waals surface area contributed by atoms with Gasteiger partial charge in [-0.05, 0) is 45.0 Å². The fraction of sp³-hybridized carbons (Fsp3) is 0.333. The Kier molecular flexibility index (Phi) is 5.02. The first-order valence-corrected chi connectivity index (χ1v) is 10.0. The van der Waals surface area contributed by atoms with Crippen molar-refractivity contribution >= 4 is 16.7 Å². The van der Waals surface area contributed by atoms with Crippen molar-refractivity contribution in [1.82, 2.24) is 4.57 Å². The van der Waals surface area contributed by atoms with E-state index in [1.165, 1.54) is 10.8 Å². The molecule has 6 nitrogen and oxygen atoms in total. The molecule has 30 heavy (non-hydrogen) atoms. The number of aryl methyl sites for hydroxylation is 1. The Morgan fingerprint density at radius 1 is 1.20 bits per heavy atom. The predicted octanol–water partition coefficient (Wildman–Crippen LogP) is 4.40. The summed E-state index contributed by atoms with van der Waals surface area (Å²) >= 11 is 0. The lowest BCUT2D eigenvalue weighted by molar-refractivity contribution is -0.0162. The van der Waals surface area contributed by atoms with Crippen molar-refractivity contribution in [3.05, 3.63) is 70.1 Å². The third kappa shape index (κ3) is 3.65. The highest BCUT2D eigenvalue weighted by Crippen LogP contribution is 2.43. The van der Waals surface area contributed by atoms with Crippen molar-refractivity contribution < 1.29 is 19.0 Å². The summed E-state index contributed by atoms with van der Waals surface area (Å²) < 4.78 is 19.1. The van der Waals surface area contributed by atoms with Crippen LogP contribution in [0.5, 0.6) is 11.5 Å². The van der Waals surface area contributed by atoms with Crippen LogP contribution in [0.2, 0.25) is 0 Å². The molecule has 1 aliphatic heterocycles. The first kappa shape index (κ1) is 20.0. The molecule has 1 aliphatic rings. The van der Waals surface area contributed by atoms with Gasteiger partial charge in [0.05, 0.1) is 12.2 Å². The average molecular weight is 407 g/mol. The third-order valence-electron chi connectivity index (χ3n) is 5.26. The summed E-state index contributed by atoms with van der Waals surface area (Å²) in [5.41, 5.74) is 0.500. The molecule has 3 aromatic rings. The van der Waals surface area contributed by atoms with Crippen molar-refractivity contribution in [3.63, 3.8) is 0 Å². The van der Waals surface area contributed by atoms with Crippen LogP contribution >= 0.6 is 0 Å². The van der Waals surface area contributed by atoms with E-state index in [0.717, 1.165) is 5.56 Å². The molecule has 156 valence electrons. The van der Waals surface area contributed by atoms with E-state index in [0.29, 0.717) is 40.9 Å².